The Morgan fingerprint density at radius 3 is 2.03 bits per heavy atom. The summed E-state index contributed by atoms with van der Waals surface area (Å²) >= 11 is 0. The molecular weight excluding hydrogens is 492 g/mol. The molecule has 2 aliphatic heterocycles. The zero-order chi connectivity index (χ0) is 27.1. The second kappa shape index (κ2) is 12.4. The molecule has 0 bridgehead atoms. The zero-order valence-electron chi connectivity index (χ0n) is 20.8. The van der Waals surface area contributed by atoms with Crippen molar-refractivity contribution in [2.45, 2.75) is 45.3 Å². The van der Waals surface area contributed by atoms with Gasteiger partial charge in [-0.15, -0.1) is 0 Å². The highest BCUT2D eigenvalue weighted by Gasteiger charge is 2.39. The molecule has 1 N–H and O–H groups in total. The fourth-order valence-corrected chi connectivity index (χ4v) is 4.82. The van der Waals surface area contributed by atoms with Crippen LogP contribution in [0, 0.1) is 11.2 Å². The number of likely N-dealkylation sites (tertiary alicyclic amines) is 2. The van der Waals surface area contributed by atoms with Crippen LogP contribution in [0.25, 0.3) is 0 Å². The van der Waals surface area contributed by atoms with Crippen LogP contribution in [0.4, 0.5) is 17.6 Å². The molecule has 37 heavy (non-hydrogen) atoms. The van der Waals surface area contributed by atoms with Crippen LogP contribution in [0.1, 0.15) is 48.5 Å². The normalized spacial score (nSPS) is 17.6. The Kier molecular flexibility index (Phi) is 9.53. The number of halogens is 4. The van der Waals surface area contributed by atoms with E-state index < -0.39 is 12.1 Å². The maximum Gasteiger partial charge on any atom is 0.490 e. The van der Waals surface area contributed by atoms with Gasteiger partial charge in [-0.1, -0.05) is 18.2 Å². The van der Waals surface area contributed by atoms with Crippen molar-refractivity contribution < 1.29 is 37.0 Å². The Morgan fingerprint density at radius 2 is 1.49 bits per heavy atom. The summed E-state index contributed by atoms with van der Waals surface area (Å²) in [5.41, 5.74) is 2.19. The number of carboxylic acids is 1. The first-order chi connectivity index (χ1) is 17.5. The van der Waals surface area contributed by atoms with Crippen LogP contribution in [0.2, 0.25) is 0 Å². The van der Waals surface area contributed by atoms with Gasteiger partial charge < -0.3 is 14.7 Å². The van der Waals surface area contributed by atoms with Crippen molar-refractivity contribution in [3.8, 4) is 5.75 Å². The third kappa shape index (κ3) is 7.92. The largest absolute Gasteiger partial charge is 0.494 e. The Balaban J connectivity index is 0.000000479. The van der Waals surface area contributed by atoms with E-state index in [0.29, 0.717) is 17.6 Å². The molecule has 0 atom stereocenters. The van der Waals surface area contributed by atoms with Crippen molar-refractivity contribution in [2.75, 3.05) is 32.8 Å². The molecule has 0 saturated carbocycles. The minimum atomic E-state index is -5.08. The number of amides is 1. The molecule has 0 radical (unpaired) electrons. The summed E-state index contributed by atoms with van der Waals surface area (Å²) in [7, 11) is 0. The number of carbonyl (C=O) groups is 2. The van der Waals surface area contributed by atoms with Gasteiger partial charge in [0.25, 0.3) is 5.91 Å². The maximum absolute atomic E-state index is 13.1. The molecular formula is C27H32F4N2O4. The lowest BCUT2D eigenvalue weighted by molar-refractivity contribution is -0.192. The summed E-state index contributed by atoms with van der Waals surface area (Å²) < 4.78 is 50.6. The van der Waals surface area contributed by atoms with Crippen LogP contribution >= 0.6 is 0 Å². The molecule has 202 valence electrons. The van der Waals surface area contributed by atoms with Crippen molar-refractivity contribution in [1.29, 1.82) is 0 Å². The van der Waals surface area contributed by atoms with E-state index in [-0.39, 0.29) is 11.7 Å². The van der Waals surface area contributed by atoms with Crippen molar-refractivity contribution in [3.63, 3.8) is 0 Å². The number of hydrogen-bond donors (Lipinski definition) is 1. The van der Waals surface area contributed by atoms with Crippen molar-refractivity contribution >= 4 is 11.9 Å². The minimum Gasteiger partial charge on any atom is -0.494 e. The topological polar surface area (TPSA) is 70.1 Å². The molecule has 0 aromatic heterocycles. The molecule has 1 amide bonds. The highest BCUT2D eigenvalue weighted by molar-refractivity contribution is 5.94. The van der Waals surface area contributed by atoms with E-state index in [4.69, 9.17) is 14.6 Å². The molecule has 2 aromatic rings. The third-order valence-electron chi connectivity index (χ3n) is 7.03. The van der Waals surface area contributed by atoms with Crippen LogP contribution in [0.5, 0.6) is 5.75 Å². The molecule has 1 spiro atoms. The van der Waals surface area contributed by atoms with E-state index in [1.807, 2.05) is 17.9 Å². The molecule has 4 rings (SSSR count). The molecule has 0 aliphatic carbocycles. The van der Waals surface area contributed by atoms with Gasteiger partial charge in [-0.05, 0) is 81.4 Å². The van der Waals surface area contributed by atoms with E-state index in [1.165, 1.54) is 30.5 Å². The molecule has 2 fully saturated rings. The number of aliphatic carboxylic acids is 1. The Morgan fingerprint density at radius 1 is 0.946 bits per heavy atom. The average Bonchev–Trinajstić information content (AvgIpc) is 2.87. The lowest BCUT2D eigenvalue weighted by atomic mass is 9.71. The van der Waals surface area contributed by atoms with Gasteiger partial charge in [0.1, 0.15) is 11.6 Å². The molecule has 10 heteroatoms. The molecule has 2 aromatic carbocycles. The summed E-state index contributed by atoms with van der Waals surface area (Å²) in [6, 6.07) is 14.2. The number of alkyl halides is 3. The molecule has 6 nitrogen and oxygen atoms in total. The maximum atomic E-state index is 13.1. The summed E-state index contributed by atoms with van der Waals surface area (Å²) in [6.45, 7) is 7.41. The van der Waals surface area contributed by atoms with Crippen molar-refractivity contribution in [3.05, 3.63) is 65.5 Å². The van der Waals surface area contributed by atoms with Gasteiger partial charge in [-0.3, -0.25) is 9.69 Å². The number of para-hydroxylation sites is 1. The van der Waals surface area contributed by atoms with Gasteiger partial charge in [-0.2, -0.15) is 13.2 Å². The van der Waals surface area contributed by atoms with Gasteiger partial charge in [0.05, 0.1) is 6.61 Å². The number of carbonyl (C=O) groups excluding carboxylic acids is 1. The fourth-order valence-electron chi connectivity index (χ4n) is 4.82. The average molecular weight is 525 g/mol. The van der Waals surface area contributed by atoms with Gasteiger partial charge in [0, 0.05) is 30.8 Å². The molecule has 0 unspecified atom stereocenters. The number of rotatable bonds is 5. The summed E-state index contributed by atoms with van der Waals surface area (Å²) in [5.74, 6) is -2.05. The third-order valence-corrected chi connectivity index (χ3v) is 7.03. The standard InChI is InChI=1S/C25H31FN2O2.C2HF3O2/c1-2-30-23-6-4-3-5-21(23)19-27-15-11-25(12-16-27)13-17-28(18-14-25)24(29)20-7-9-22(26)10-8-20;3-2(4,5)1(6)7/h3-10H,2,11-19H2,1H3;(H,6,7). The van der Waals surface area contributed by atoms with Crippen LogP contribution < -0.4 is 4.74 Å². The number of piperidine rings is 2. The number of ether oxygens (including phenoxy) is 1. The zero-order valence-corrected chi connectivity index (χ0v) is 20.8. The number of carboxylic acid groups (broad SMARTS) is 1. The first-order valence-electron chi connectivity index (χ1n) is 12.3. The number of hydrogen-bond acceptors (Lipinski definition) is 4. The second-order valence-electron chi connectivity index (χ2n) is 9.42. The quantitative estimate of drug-likeness (QED) is 0.533. The van der Waals surface area contributed by atoms with Gasteiger partial charge >= 0.3 is 12.1 Å². The smallest absolute Gasteiger partial charge is 0.490 e. The van der Waals surface area contributed by atoms with Crippen LogP contribution in [-0.4, -0.2) is 65.7 Å². The molecule has 2 aliphatic rings. The molecule has 2 heterocycles. The van der Waals surface area contributed by atoms with E-state index >= 15 is 0 Å². The predicted molar refractivity (Wildman–Crippen MR) is 130 cm³/mol. The van der Waals surface area contributed by atoms with Gasteiger partial charge in [0.15, 0.2) is 0 Å². The minimum absolute atomic E-state index is 0.0230. The van der Waals surface area contributed by atoms with Crippen LogP contribution in [-0.2, 0) is 11.3 Å². The Labute approximate surface area is 213 Å². The summed E-state index contributed by atoms with van der Waals surface area (Å²) in [5, 5.41) is 7.12. The fraction of sp³-hybridized carbons (Fsp3) is 0.481. The Bertz CT molecular complexity index is 1040. The van der Waals surface area contributed by atoms with E-state index in [1.54, 1.807) is 12.1 Å². The highest BCUT2D eigenvalue weighted by Crippen LogP contribution is 2.42. The monoisotopic (exact) mass is 524 g/mol. The number of benzene rings is 2. The van der Waals surface area contributed by atoms with E-state index in [9.17, 15) is 22.4 Å². The predicted octanol–water partition coefficient (Wildman–Crippen LogP) is 5.38. The Hall–Kier alpha value is -3.14. The van der Waals surface area contributed by atoms with Gasteiger partial charge in [-0.25, -0.2) is 9.18 Å². The van der Waals surface area contributed by atoms with Crippen molar-refractivity contribution in [2.24, 2.45) is 5.41 Å². The highest BCUT2D eigenvalue weighted by atomic mass is 19.4. The van der Waals surface area contributed by atoms with E-state index in [2.05, 4.69) is 23.1 Å². The number of nitrogens with zero attached hydrogens (tertiary/aromatic N) is 2. The lowest BCUT2D eigenvalue weighted by Gasteiger charge is -2.47. The van der Waals surface area contributed by atoms with Gasteiger partial charge in [0.2, 0.25) is 0 Å². The van der Waals surface area contributed by atoms with Crippen molar-refractivity contribution in [1.82, 2.24) is 9.80 Å². The first kappa shape index (κ1) is 28.4. The molecule has 2 saturated heterocycles. The second-order valence-corrected chi connectivity index (χ2v) is 9.42. The van der Waals surface area contributed by atoms with Crippen LogP contribution in [0.15, 0.2) is 48.5 Å². The van der Waals surface area contributed by atoms with Crippen LogP contribution in [0.3, 0.4) is 0 Å². The SMILES string of the molecule is CCOc1ccccc1CN1CCC2(CC1)CCN(C(=O)c1ccc(F)cc1)CC2.O=C(O)C(F)(F)F. The lowest BCUT2D eigenvalue weighted by Crippen LogP contribution is -2.48. The van der Waals surface area contributed by atoms with E-state index in [0.717, 1.165) is 51.3 Å². The summed E-state index contributed by atoms with van der Waals surface area (Å²) in [6.07, 6.45) is -0.600. The summed E-state index contributed by atoms with van der Waals surface area (Å²) in [4.78, 5) is 26.1. The first-order valence-corrected chi connectivity index (χ1v) is 12.3.